The second-order valence-electron chi connectivity index (χ2n) is 3.66. The van der Waals surface area contributed by atoms with Gasteiger partial charge in [0.15, 0.2) is 0 Å². The number of benzene rings is 1. The lowest BCUT2D eigenvalue weighted by molar-refractivity contribution is 0.158. The third kappa shape index (κ3) is 3.83. The van der Waals surface area contributed by atoms with Gasteiger partial charge in [-0.3, -0.25) is 0 Å². The monoisotopic (exact) mass is 224 g/mol. The Balaban J connectivity index is 2.57. The molecule has 0 radical (unpaired) electrons. The normalized spacial score (nSPS) is 12.4. The molecule has 1 N–H and O–H groups in total. The van der Waals surface area contributed by atoms with E-state index in [2.05, 4.69) is 0 Å². The molecule has 16 heavy (non-hydrogen) atoms. The molecule has 1 aromatic carbocycles. The topological polar surface area (TPSA) is 38.7 Å². The van der Waals surface area contributed by atoms with E-state index in [9.17, 15) is 5.11 Å². The van der Waals surface area contributed by atoms with Gasteiger partial charge in [-0.1, -0.05) is 25.1 Å². The molecule has 0 unspecified atom stereocenters. The van der Waals surface area contributed by atoms with Crippen LogP contribution < -0.4 is 4.74 Å². The number of hydrogen-bond acceptors (Lipinski definition) is 3. The summed E-state index contributed by atoms with van der Waals surface area (Å²) in [6.07, 6.45) is 1.10. The fourth-order valence-corrected chi connectivity index (χ4v) is 1.49. The zero-order valence-corrected chi connectivity index (χ0v) is 9.98. The minimum absolute atomic E-state index is 0.446. The van der Waals surface area contributed by atoms with Crippen LogP contribution >= 0.6 is 0 Å². The second-order valence-corrected chi connectivity index (χ2v) is 3.66. The van der Waals surface area contributed by atoms with Crippen LogP contribution in [-0.2, 0) is 4.74 Å². The first kappa shape index (κ1) is 13.0. The molecular formula is C13H20O3. The Kier molecular flexibility index (Phi) is 5.90. The van der Waals surface area contributed by atoms with Gasteiger partial charge in [-0.25, -0.2) is 0 Å². The average molecular weight is 224 g/mol. The van der Waals surface area contributed by atoms with E-state index in [1.54, 1.807) is 7.11 Å². The molecule has 0 aromatic heterocycles. The van der Waals surface area contributed by atoms with Gasteiger partial charge < -0.3 is 14.6 Å². The fraction of sp³-hybridized carbons (Fsp3) is 0.538. The van der Waals surface area contributed by atoms with E-state index in [1.807, 2.05) is 31.2 Å². The zero-order chi connectivity index (χ0) is 11.8. The lowest BCUT2D eigenvalue weighted by atomic mass is 10.1. The van der Waals surface area contributed by atoms with Gasteiger partial charge in [0.2, 0.25) is 0 Å². The minimum Gasteiger partial charge on any atom is -0.493 e. The summed E-state index contributed by atoms with van der Waals surface area (Å²) in [6.45, 7) is 3.26. The first-order chi connectivity index (χ1) is 7.79. The van der Waals surface area contributed by atoms with Crippen molar-refractivity contribution >= 4 is 0 Å². The van der Waals surface area contributed by atoms with Crippen LogP contribution in [0.1, 0.15) is 31.4 Å². The maximum Gasteiger partial charge on any atom is 0.125 e. The van der Waals surface area contributed by atoms with E-state index >= 15 is 0 Å². The number of hydrogen-bond donors (Lipinski definition) is 1. The summed E-state index contributed by atoms with van der Waals surface area (Å²) in [4.78, 5) is 0. The Hall–Kier alpha value is -1.06. The standard InChI is InChI=1S/C13H20O3/c1-3-12(14)11-7-4-5-8-13(11)16-10-6-9-15-2/h4-5,7-8,12,14H,3,6,9-10H2,1-2H3/t12-/m1/s1. The highest BCUT2D eigenvalue weighted by molar-refractivity contribution is 5.34. The molecule has 0 fully saturated rings. The molecule has 3 heteroatoms. The van der Waals surface area contributed by atoms with Crippen molar-refractivity contribution in [1.29, 1.82) is 0 Å². The van der Waals surface area contributed by atoms with Crippen molar-refractivity contribution in [2.24, 2.45) is 0 Å². The molecule has 0 aliphatic rings. The molecule has 0 aliphatic carbocycles. The van der Waals surface area contributed by atoms with Crippen molar-refractivity contribution in [3.05, 3.63) is 29.8 Å². The second kappa shape index (κ2) is 7.25. The predicted molar refractivity (Wildman–Crippen MR) is 63.7 cm³/mol. The maximum absolute atomic E-state index is 9.81. The molecule has 0 heterocycles. The van der Waals surface area contributed by atoms with Crippen LogP contribution in [0, 0.1) is 0 Å². The number of aliphatic hydroxyl groups is 1. The van der Waals surface area contributed by atoms with Gasteiger partial charge in [0, 0.05) is 25.7 Å². The van der Waals surface area contributed by atoms with E-state index in [0.717, 1.165) is 17.7 Å². The van der Waals surface area contributed by atoms with Crippen LogP contribution in [0.5, 0.6) is 5.75 Å². The molecule has 0 aliphatic heterocycles. The fourth-order valence-electron chi connectivity index (χ4n) is 1.49. The minimum atomic E-state index is -0.446. The average Bonchev–Trinajstić information content (AvgIpc) is 2.34. The Morgan fingerprint density at radius 2 is 2.00 bits per heavy atom. The van der Waals surface area contributed by atoms with Crippen molar-refractivity contribution < 1.29 is 14.6 Å². The summed E-state index contributed by atoms with van der Waals surface area (Å²) in [6, 6.07) is 7.62. The smallest absolute Gasteiger partial charge is 0.125 e. The van der Waals surface area contributed by atoms with Crippen LogP contribution in [-0.4, -0.2) is 25.4 Å². The van der Waals surface area contributed by atoms with Crippen molar-refractivity contribution in [2.75, 3.05) is 20.3 Å². The molecule has 0 saturated carbocycles. The lowest BCUT2D eigenvalue weighted by Gasteiger charge is -2.14. The molecule has 90 valence electrons. The van der Waals surface area contributed by atoms with Gasteiger partial charge in [0.05, 0.1) is 12.7 Å². The molecule has 1 aromatic rings. The quantitative estimate of drug-likeness (QED) is 0.723. The molecular weight excluding hydrogens is 204 g/mol. The molecule has 1 atom stereocenters. The Morgan fingerprint density at radius 1 is 1.25 bits per heavy atom. The number of rotatable bonds is 7. The number of aliphatic hydroxyl groups excluding tert-OH is 1. The van der Waals surface area contributed by atoms with Crippen molar-refractivity contribution in [2.45, 2.75) is 25.9 Å². The van der Waals surface area contributed by atoms with E-state index in [1.165, 1.54) is 0 Å². The third-order valence-corrected chi connectivity index (χ3v) is 2.42. The highest BCUT2D eigenvalue weighted by Crippen LogP contribution is 2.26. The van der Waals surface area contributed by atoms with Gasteiger partial charge in [0.25, 0.3) is 0 Å². The number of para-hydroxylation sites is 1. The largest absolute Gasteiger partial charge is 0.493 e. The van der Waals surface area contributed by atoms with Crippen LogP contribution in [0.3, 0.4) is 0 Å². The Bertz CT molecular complexity index is 299. The number of ether oxygens (including phenoxy) is 2. The number of methoxy groups -OCH3 is 1. The third-order valence-electron chi connectivity index (χ3n) is 2.42. The molecule has 0 amide bonds. The summed E-state index contributed by atoms with van der Waals surface area (Å²) < 4.78 is 10.6. The molecule has 0 spiro atoms. The van der Waals surface area contributed by atoms with Crippen LogP contribution in [0.25, 0.3) is 0 Å². The van der Waals surface area contributed by atoms with Crippen LogP contribution in [0.4, 0.5) is 0 Å². The predicted octanol–water partition coefficient (Wildman–Crippen LogP) is 2.55. The van der Waals surface area contributed by atoms with Gasteiger partial charge in [0.1, 0.15) is 5.75 Å². The van der Waals surface area contributed by atoms with Gasteiger partial charge in [-0.05, 0) is 12.5 Å². The van der Waals surface area contributed by atoms with Crippen LogP contribution in [0.2, 0.25) is 0 Å². The first-order valence-electron chi connectivity index (χ1n) is 5.68. The Labute approximate surface area is 97.0 Å². The van der Waals surface area contributed by atoms with E-state index in [4.69, 9.17) is 9.47 Å². The summed E-state index contributed by atoms with van der Waals surface area (Å²) in [5, 5.41) is 9.81. The summed E-state index contributed by atoms with van der Waals surface area (Å²) in [5.74, 6) is 0.771. The molecule has 0 saturated heterocycles. The lowest BCUT2D eigenvalue weighted by Crippen LogP contribution is -2.05. The molecule has 3 nitrogen and oxygen atoms in total. The van der Waals surface area contributed by atoms with Gasteiger partial charge in [-0.2, -0.15) is 0 Å². The highest BCUT2D eigenvalue weighted by Gasteiger charge is 2.10. The van der Waals surface area contributed by atoms with E-state index in [-0.39, 0.29) is 0 Å². The van der Waals surface area contributed by atoms with Crippen molar-refractivity contribution in [3.63, 3.8) is 0 Å². The van der Waals surface area contributed by atoms with Crippen LogP contribution in [0.15, 0.2) is 24.3 Å². The SMILES string of the molecule is CC[C@@H](O)c1ccccc1OCCCOC. The molecule has 1 rings (SSSR count). The first-order valence-corrected chi connectivity index (χ1v) is 5.68. The van der Waals surface area contributed by atoms with E-state index < -0.39 is 6.10 Å². The summed E-state index contributed by atoms with van der Waals surface area (Å²) in [7, 11) is 1.68. The molecule has 0 bridgehead atoms. The van der Waals surface area contributed by atoms with E-state index in [0.29, 0.717) is 19.6 Å². The summed E-state index contributed by atoms with van der Waals surface area (Å²) >= 11 is 0. The van der Waals surface area contributed by atoms with Gasteiger partial charge in [-0.15, -0.1) is 0 Å². The Morgan fingerprint density at radius 3 is 2.69 bits per heavy atom. The highest BCUT2D eigenvalue weighted by atomic mass is 16.5. The summed E-state index contributed by atoms with van der Waals surface area (Å²) in [5.41, 5.74) is 0.863. The maximum atomic E-state index is 9.81. The van der Waals surface area contributed by atoms with Gasteiger partial charge >= 0.3 is 0 Å². The van der Waals surface area contributed by atoms with Crippen molar-refractivity contribution in [3.8, 4) is 5.75 Å². The zero-order valence-electron chi connectivity index (χ0n) is 9.98. The van der Waals surface area contributed by atoms with Crippen molar-refractivity contribution in [1.82, 2.24) is 0 Å².